The molecule has 1 aromatic rings. The Labute approximate surface area is 139 Å². The molecule has 3 nitrogen and oxygen atoms in total. The summed E-state index contributed by atoms with van der Waals surface area (Å²) in [6.07, 6.45) is 16.2. The highest BCUT2D eigenvalue weighted by molar-refractivity contribution is 5.85. The summed E-state index contributed by atoms with van der Waals surface area (Å²) in [4.78, 5) is 13.4. The number of halogens is 1. The van der Waals surface area contributed by atoms with Crippen LogP contribution < -0.4 is 0 Å². The molecule has 0 radical (unpaired) electrons. The highest BCUT2D eigenvalue weighted by Gasteiger charge is 2.13. The number of H-pyrrole nitrogens is 1. The van der Waals surface area contributed by atoms with Crippen LogP contribution in [-0.4, -0.2) is 16.1 Å². The lowest BCUT2D eigenvalue weighted by atomic mass is 10.0. The summed E-state index contributed by atoms with van der Waals surface area (Å²) in [7, 11) is 0. The molecule has 0 aliphatic carbocycles. The van der Waals surface area contributed by atoms with Gasteiger partial charge in [0.2, 0.25) is 0 Å². The zero-order valence-electron chi connectivity index (χ0n) is 14.5. The lowest BCUT2D eigenvalue weighted by Gasteiger charge is -2.02. The maximum absolute atomic E-state index is 13.3. The van der Waals surface area contributed by atoms with Crippen LogP contribution in [0.25, 0.3) is 0 Å². The smallest absolute Gasteiger partial charge is 0.355 e. The van der Waals surface area contributed by atoms with E-state index in [9.17, 15) is 9.18 Å². The third-order valence-corrected chi connectivity index (χ3v) is 4.34. The van der Waals surface area contributed by atoms with Gasteiger partial charge in [-0.25, -0.2) is 9.18 Å². The first-order chi connectivity index (χ1) is 11.1. The van der Waals surface area contributed by atoms with Gasteiger partial charge in [0.25, 0.3) is 0 Å². The van der Waals surface area contributed by atoms with Gasteiger partial charge in [-0.15, -0.1) is 0 Å². The van der Waals surface area contributed by atoms with Gasteiger partial charge in [0, 0.05) is 5.69 Å². The average Bonchev–Trinajstić information content (AvgIpc) is 2.89. The summed E-state index contributed by atoms with van der Waals surface area (Å²) >= 11 is 0. The van der Waals surface area contributed by atoms with Crippen molar-refractivity contribution < 1.29 is 14.3 Å². The average molecular weight is 325 g/mol. The molecule has 0 fully saturated rings. The number of aromatic amines is 1. The van der Waals surface area contributed by atoms with E-state index >= 15 is 0 Å². The lowest BCUT2D eigenvalue weighted by molar-refractivity contribution is 0.0686. The Kier molecular flexibility index (Phi) is 10.4. The normalized spacial score (nSPS) is 11.0. The minimum atomic E-state index is -1.23. The molecule has 0 aliphatic rings. The first-order valence-electron chi connectivity index (χ1n) is 9.25. The number of aryl methyl sites for hydroxylation is 1. The van der Waals surface area contributed by atoms with Gasteiger partial charge < -0.3 is 10.1 Å². The molecule has 4 heteroatoms. The summed E-state index contributed by atoms with van der Waals surface area (Å²) in [5.74, 6) is -1.89. The van der Waals surface area contributed by atoms with Crippen molar-refractivity contribution >= 4 is 5.97 Å². The van der Waals surface area contributed by atoms with Gasteiger partial charge in [0.15, 0.2) is 11.5 Å². The van der Waals surface area contributed by atoms with Crippen molar-refractivity contribution in [3.8, 4) is 0 Å². The molecule has 0 bridgehead atoms. The second-order valence-electron chi connectivity index (χ2n) is 6.46. The molecule has 0 saturated heterocycles. The van der Waals surface area contributed by atoms with Crippen LogP contribution in [0, 0.1) is 5.82 Å². The van der Waals surface area contributed by atoms with Crippen molar-refractivity contribution in [3.05, 3.63) is 23.3 Å². The predicted molar refractivity (Wildman–Crippen MR) is 92.5 cm³/mol. The van der Waals surface area contributed by atoms with Crippen molar-refractivity contribution in [1.82, 2.24) is 4.98 Å². The Hall–Kier alpha value is -1.32. The first-order valence-corrected chi connectivity index (χ1v) is 9.25. The highest BCUT2D eigenvalue weighted by atomic mass is 19.1. The standard InChI is InChI=1S/C19H32FNO2/c1-2-3-4-5-6-7-8-9-10-11-12-13-14-16-15-17(20)18(21-16)19(22)23/h15,21H,2-14H2,1H3,(H,22,23). The quantitative estimate of drug-likeness (QED) is 0.406. The highest BCUT2D eigenvalue weighted by Crippen LogP contribution is 2.14. The van der Waals surface area contributed by atoms with Gasteiger partial charge in [-0.05, 0) is 18.9 Å². The molecule has 132 valence electrons. The summed E-state index contributed by atoms with van der Waals surface area (Å²) in [5, 5.41) is 8.78. The van der Waals surface area contributed by atoms with Crippen LogP contribution in [0.3, 0.4) is 0 Å². The molecule has 0 saturated carbocycles. The Bertz CT molecular complexity index is 443. The Morgan fingerprint density at radius 1 is 0.957 bits per heavy atom. The van der Waals surface area contributed by atoms with Crippen LogP contribution in [0.1, 0.15) is 100 Å². The largest absolute Gasteiger partial charge is 0.476 e. The van der Waals surface area contributed by atoms with Gasteiger partial charge in [-0.2, -0.15) is 0 Å². The summed E-state index contributed by atoms with van der Waals surface area (Å²) in [5.41, 5.74) is 0.367. The fraction of sp³-hybridized carbons (Fsp3) is 0.737. The van der Waals surface area contributed by atoms with Crippen LogP contribution in [0.2, 0.25) is 0 Å². The number of nitrogens with one attached hydrogen (secondary N) is 1. The molecule has 1 rings (SSSR count). The number of aromatic carboxylic acids is 1. The third-order valence-electron chi connectivity index (χ3n) is 4.34. The fourth-order valence-electron chi connectivity index (χ4n) is 2.93. The van der Waals surface area contributed by atoms with Crippen molar-refractivity contribution in [2.75, 3.05) is 0 Å². The number of hydrogen-bond acceptors (Lipinski definition) is 1. The number of carboxylic acid groups (broad SMARTS) is 1. The zero-order chi connectivity index (χ0) is 16.9. The SMILES string of the molecule is CCCCCCCCCCCCCCc1cc(F)c(C(=O)O)[nH]1. The number of rotatable bonds is 14. The van der Waals surface area contributed by atoms with Gasteiger partial charge >= 0.3 is 5.97 Å². The van der Waals surface area contributed by atoms with Crippen LogP contribution >= 0.6 is 0 Å². The second kappa shape index (κ2) is 12.1. The molecule has 0 atom stereocenters. The minimum Gasteiger partial charge on any atom is -0.476 e. The van der Waals surface area contributed by atoms with E-state index in [2.05, 4.69) is 11.9 Å². The topological polar surface area (TPSA) is 53.1 Å². The Morgan fingerprint density at radius 2 is 1.43 bits per heavy atom. The van der Waals surface area contributed by atoms with Crippen LogP contribution in [0.4, 0.5) is 4.39 Å². The van der Waals surface area contributed by atoms with E-state index in [1.54, 1.807) is 0 Å². The van der Waals surface area contributed by atoms with E-state index in [4.69, 9.17) is 5.11 Å². The molecule has 1 heterocycles. The van der Waals surface area contributed by atoms with E-state index < -0.39 is 11.8 Å². The fourth-order valence-corrected chi connectivity index (χ4v) is 2.93. The van der Waals surface area contributed by atoms with Crippen molar-refractivity contribution in [1.29, 1.82) is 0 Å². The van der Waals surface area contributed by atoms with E-state index in [-0.39, 0.29) is 5.69 Å². The van der Waals surface area contributed by atoms with Gasteiger partial charge in [-0.3, -0.25) is 0 Å². The Morgan fingerprint density at radius 3 is 1.87 bits per heavy atom. The van der Waals surface area contributed by atoms with Crippen molar-refractivity contribution in [2.45, 2.75) is 90.4 Å². The van der Waals surface area contributed by atoms with E-state index in [0.717, 1.165) is 19.3 Å². The van der Waals surface area contributed by atoms with E-state index in [1.807, 2.05) is 0 Å². The zero-order valence-corrected chi connectivity index (χ0v) is 14.5. The summed E-state index contributed by atoms with van der Waals surface area (Å²) in [6.45, 7) is 2.25. The minimum absolute atomic E-state index is 0.320. The summed E-state index contributed by atoms with van der Waals surface area (Å²) < 4.78 is 13.3. The molecular formula is C19H32FNO2. The monoisotopic (exact) mass is 325 g/mol. The van der Waals surface area contributed by atoms with Crippen molar-refractivity contribution in [3.63, 3.8) is 0 Å². The van der Waals surface area contributed by atoms with E-state index in [0.29, 0.717) is 5.69 Å². The molecule has 0 amide bonds. The first kappa shape index (κ1) is 19.7. The lowest BCUT2D eigenvalue weighted by Crippen LogP contribution is -1.99. The molecule has 0 aliphatic heterocycles. The number of unbranched alkanes of at least 4 members (excludes halogenated alkanes) is 11. The van der Waals surface area contributed by atoms with Crippen LogP contribution in [0.15, 0.2) is 6.07 Å². The third kappa shape index (κ3) is 8.77. The maximum Gasteiger partial charge on any atom is 0.355 e. The molecule has 0 spiro atoms. The number of carboxylic acids is 1. The molecular weight excluding hydrogens is 293 g/mol. The van der Waals surface area contributed by atoms with Gasteiger partial charge in [0.1, 0.15) is 0 Å². The van der Waals surface area contributed by atoms with Crippen LogP contribution in [0.5, 0.6) is 0 Å². The van der Waals surface area contributed by atoms with Crippen molar-refractivity contribution in [2.24, 2.45) is 0 Å². The molecule has 0 aromatic carbocycles. The number of hydrogen-bond donors (Lipinski definition) is 2. The predicted octanol–water partition coefficient (Wildman–Crippen LogP) is 6.10. The van der Waals surface area contributed by atoms with Gasteiger partial charge in [-0.1, -0.05) is 77.6 Å². The maximum atomic E-state index is 13.3. The van der Waals surface area contributed by atoms with Crippen LogP contribution in [-0.2, 0) is 6.42 Å². The van der Waals surface area contributed by atoms with E-state index in [1.165, 1.54) is 70.3 Å². The number of carbonyl (C=O) groups is 1. The Balaban J connectivity index is 1.94. The molecule has 23 heavy (non-hydrogen) atoms. The summed E-state index contributed by atoms with van der Waals surface area (Å²) in [6, 6.07) is 1.31. The molecule has 1 aromatic heterocycles. The molecule has 0 unspecified atom stereocenters. The molecule has 2 N–H and O–H groups in total. The second-order valence-corrected chi connectivity index (χ2v) is 6.46. The van der Waals surface area contributed by atoms with Gasteiger partial charge in [0.05, 0.1) is 0 Å². The number of aromatic nitrogens is 1.